The number of nitrogens with zero attached hydrogens (tertiary/aromatic N) is 3. The van der Waals surface area contributed by atoms with E-state index >= 15 is 0 Å². The summed E-state index contributed by atoms with van der Waals surface area (Å²) in [4.78, 5) is 18.7. The summed E-state index contributed by atoms with van der Waals surface area (Å²) in [5.74, 6) is 0.919. The Morgan fingerprint density at radius 1 is 1.15 bits per heavy atom. The molecule has 0 saturated carbocycles. The summed E-state index contributed by atoms with van der Waals surface area (Å²) in [6.45, 7) is 1.40. The van der Waals surface area contributed by atoms with Gasteiger partial charge in [0.25, 0.3) is 5.56 Å². The van der Waals surface area contributed by atoms with Crippen LogP contribution < -0.4 is 15.2 Å². The van der Waals surface area contributed by atoms with Gasteiger partial charge in [-0.15, -0.1) is 0 Å². The van der Waals surface area contributed by atoms with Crippen LogP contribution in [0.4, 0.5) is 10.2 Å². The topological polar surface area (TPSA) is 67.6 Å². The number of anilines is 1. The molecule has 1 fully saturated rings. The van der Waals surface area contributed by atoms with Crippen LogP contribution in [0, 0.1) is 5.82 Å². The Hall–Kier alpha value is -3.19. The molecule has 0 bridgehead atoms. The number of hydrogen-bond donors (Lipinski definition) is 1. The van der Waals surface area contributed by atoms with Gasteiger partial charge in [0.2, 0.25) is 0 Å². The van der Waals surface area contributed by atoms with Crippen molar-refractivity contribution in [3.8, 4) is 11.4 Å². The molecule has 1 aromatic carbocycles. The first-order valence-electron chi connectivity index (χ1n) is 8.58. The lowest BCUT2D eigenvalue weighted by molar-refractivity contribution is 0.141. The number of pyridine rings is 2. The molecule has 27 heavy (non-hydrogen) atoms. The molecule has 3 heterocycles. The van der Waals surface area contributed by atoms with E-state index in [1.165, 1.54) is 22.8 Å². The molecule has 0 spiro atoms. The smallest absolute Gasteiger partial charge is 0.258 e. The molecule has 4 rings (SSSR count). The van der Waals surface area contributed by atoms with E-state index in [0.717, 1.165) is 11.4 Å². The zero-order valence-electron chi connectivity index (χ0n) is 14.5. The summed E-state index contributed by atoms with van der Waals surface area (Å²) >= 11 is 0. The van der Waals surface area contributed by atoms with Gasteiger partial charge in [0.15, 0.2) is 0 Å². The Morgan fingerprint density at radius 2 is 1.93 bits per heavy atom. The van der Waals surface area contributed by atoms with Crippen molar-refractivity contribution < 1.29 is 14.2 Å². The maximum absolute atomic E-state index is 12.9. The average molecular weight is 367 g/mol. The molecule has 0 unspecified atom stereocenters. The van der Waals surface area contributed by atoms with Crippen molar-refractivity contribution in [2.24, 2.45) is 0 Å². The standard InChI is InChI=1S/C20H18FN3O3/c21-15-3-1-14(2-4-15)13-27-18-7-8-24(20(26)9-18)16-5-6-19(22-10-16)23-11-17(25)12-23/h1-10,17,25H,11-13H2. The van der Waals surface area contributed by atoms with Crippen molar-refractivity contribution >= 4 is 5.82 Å². The minimum absolute atomic E-state index is 0.236. The first-order valence-corrected chi connectivity index (χ1v) is 8.58. The number of benzene rings is 1. The molecule has 1 aliphatic rings. The van der Waals surface area contributed by atoms with E-state index in [2.05, 4.69) is 4.98 Å². The van der Waals surface area contributed by atoms with Crippen molar-refractivity contribution in [3.63, 3.8) is 0 Å². The molecule has 7 heteroatoms. The van der Waals surface area contributed by atoms with Crippen molar-refractivity contribution in [1.29, 1.82) is 0 Å². The summed E-state index contributed by atoms with van der Waals surface area (Å²) < 4.78 is 20.0. The highest BCUT2D eigenvalue weighted by Gasteiger charge is 2.25. The predicted molar refractivity (Wildman–Crippen MR) is 98.8 cm³/mol. The first-order chi connectivity index (χ1) is 13.1. The van der Waals surface area contributed by atoms with Gasteiger partial charge in [-0.3, -0.25) is 9.36 Å². The van der Waals surface area contributed by atoms with Gasteiger partial charge in [0, 0.05) is 25.4 Å². The van der Waals surface area contributed by atoms with Gasteiger partial charge >= 0.3 is 0 Å². The quantitative estimate of drug-likeness (QED) is 0.748. The summed E-state index contributed by atoms with van der Waals surface area (Å²) in [6.07, 6.45) is 2.96. The Morgan fingerprint density at radius 3 is 2.56 bits per heavy atom. The number of hydrogen-bond acceptors (Lipinski definition) is 5. The summed E-state index contributed by atoms with van der Waals surface area (Å²) in [5.41, 5.74) is 1.23. The zero-order chi connectivity index (χ0) is 18.8. The van der Waals surface area contributed by atoms with Crippen LogP contribution in [0.5, 0.6) is 5.75 Å². The third-order valence-corrected chi connectivity index (χ3v) is 4.41. The maximum atomic E-state index is 12.9. The minimum atomic E-state index is -0.300. The fraction of sp³-hybridized carbons (Fsp3) is 0.200. The minimum Gasteiger partial charge on any atom is -0.489 e. The molecule has 1 saturated heterocycles. The highest BCUT2D eigenvalue weighted by atomic mass is 19.1. The van der Waals surface area contributed by atoms with E-state index in [4.69, 9.17) is 4.74 Å². The number of halogens is 1. The zero-order valence-corrected chi connectivity index (χ0v) is 14.5. The molecule has 1 N–H and O–H groups in total. The molecule has 0 amide bonds. The molecule has 0 radical (unpaired) electrons. The lowest BCUT2D eigenvalue weighted by Crippen LogP contribution is -2.51. The number of aromatic nitrogens is 2. The number of rotatable bonds is 5. The van der Waals surface area contributed by atoms with E-state index in [-0.39, 0.29) is 24.1 Å². The average Bonchev–Trinajstić information content (AvgIpc) is 2.65. The molecule has 2 aromatic heterocycles. The Balaban J connectivity index is 1.45. The van der Waals surface area contributed by atoms with Gasteiger partial charge in [-0.2, -0.15) is 0 Å². The molecule has 6 nitrogen and oxygen atoms in total. The molecule has 1 aliphatic heterocycles. The van der Waals surface area contributed by atoms with Crippen LogP contribution in [-0.2, 0) is 6.61 Å². The van der Waals surface area contributed by atoms with Gasteiger partial charge in [-0.05, 0) is 35.9 Å². The van der Waals surface area contributed by atoms with Gasteiger partial charge in [0.05, 0.1) is 18.0 Å². The van der Waals surface area contributed by atoms with Crippen molar-refractivity contribution in [1.82, 2.24) is 9.55 Å². The van der Waals surface area contributed by atoms with Gasteiger partial charge < -0.3 is 14.7 Å². The number of aliphatic hydroxyl groups excluding tert-OH is 1. The van der Waals surface area contributed by atoms with Crippen molar-refractivity contribution in [2.45, 2.75) is 12.7 Å². The van der Waals surface area contributed by atoms with Crippen LogP contribution in [0.25, 0.3) is 5.69 Å². The lowest BCUT2D eigenvalue weighted by Gasteiger charge is -2.36. The molecule has 3 aromatic rings. The van der Waals surface area contributed by atoms with Gasteiger partial charge in [-0.1, -0.05) is 12.1 Å². The highest BCUT2D eigenvalue weighted by Crippen LogP contribution is 2.19. The molecule has 138 valence electrons. The lowest BCUT2D eigenvalue weighted by atomic mass is 10.2. The molecule has 0 aliphatic carbocycles. The summed E-state index contributed by atoms with van der Waals surface area (Å²) in [5, 5.41) is 9.36. The first kappa shape index (κ1) is 17.2. The second kappa shape index (κ2) is 7.20. The normalized spacial score (nSPS) is 14.1. The molecular formula is C20H18FN3O3. The van der Waals surface area contributed by atoms with E-state index in [9.17, 15) is 14.3 Å². The van der Waals surface area contributed by atoms with Crippen molar-refractivity contribution in [2.75, 3.05) is 18.0 Å². The van der Waals surface area contributed by atoms with E-state index < -0.39 is 0 Å². The maximum Gasteiger partial charge on any atom is 0.258 e. The summed E-state index contributed by atoms with van der Waals surface area (Å²) in [6, 6.07) is 12.8. The van der Waals surface area contributed by atoms with Gasteiger partial charge in [-0.25, -0.2) is 9.37 Å². The summed E-state index contributed by atoms with van der Waals surface area (Å²) in [7, 11) is 0. The van der Waals surface area contributed by atoms with E-state index in [1.807, 2.05) is 17.0 Å². The van der Waals surface area contributed by atoms with E-state index in [0.29, 0.717) is 24.5 Å². The second-order valence-corrected chi connectivity index (χ2v) is 6.42. The fourth-order valence-corrected chi connectivity index (χ4v) is 2.86. The Labute approximate surface area is 155 Å². The van der Waals surface area contributed by atoms with E-state index in [1.54, 1.807) is 30.6 Å². The van der Waals surface area contributed by atoms with Crippen LogP contribution in [0.3, 0.4) is 0 Å². The van der Waals surface area contributed by atoms with Crippen LogP contribution in [0.15, 0.2) is 65.7 Å². The Bertz CT molecular complexity index is 981. The number of β-amino-alcohol motifs (C(OH)–C–C–N with tert-alkyl or cyclic N) is 1. The largest absolute Gasteiger partial charge is 0.489 e. The number of aliphatic hydroxyl groups is 1. The van der Waals surface area contributed by atoms with Gasteiger partial charge in [0.1, 0.15) is 24.0 Å². The predicted octanol–water partition coefficient (Wildman–Crippen LogP) is 2.13. The highest BCUT2D eigenvalue weighted by molar-refractivity contribution is 5.46. The fourth-order valence-electron chi connectivity index (χ4n) is 2.86. The molecular weight excluding hydrogens is 349 g/mol. The SMILES string of the molecule is O=c1cc(OCc2ccc(F)cc2)ccn1-c1ccc(N2CC(O)C2)nc1. The third-order valence-electron chi connectivity index (χ3n) is 4.41. The van der Waals surface area contributed by atoms with Crippen LogP contribution in [0.1, 0.15) is 5.56 Å². The number of ether oxygens (including phenoxy) is 1. The van der Waals surface area contributed by atoms with Crippen LogP contribution in [-0.4, -0.2) is 33.9 Å². The Kier molecular flexibility index (Phi) is 4.60. The van der Waals surface area contributed by atoms with Crippen molar-refractivity contribution in [3.05, 3.63) is 82.7 Å². The third kappa shape index (κ3) is 3.83. The van der Waals surface area contributed by atoms with Crippen LogP contribution in [0.2, 0.25) is 0 Å². The monoisotopic (exact) mass is 367 g/mol. The van der Waals surface area contributed by atoms with Crippen LogP contribution >= 0.6 is 0 Å². The molecule has 0 atom stereocenters. The second-order valence-electron chi connectivity index (χ2n) is 6.42.